The van der Waals surface area contributed by atoms with E-state index in [4.69, 9.17) is 67.5 Å². The van der Waals surface area contributed by atoms with E-state index in [0.717, 1.165) is 25.0 Å². The highest BCUT2D eigenvalue weighted by atomic mass is 35.5. The van der Waals surface area contributed by atoms with Crippen molar-refractivity contribution in [2.24, 2.45) is 20.5 Å². The SMILES string of the molecule is CCOc1ccc(CCCl)cc1NC(=O)c1cc(Cl)cc(N=NC(C(C)=O)C(=O)Nc2ccc(NC(=O)C(N=Nc3cc(Cl)cc(C(=O)Nc4cc(CCCl)ccc4OCC)c3)C(C)=O)c(C(C)Cl)c2)c1. The molecule has 0 saturated heterocycles. The number of nitrogens with zero attached hydrogens (tertiary/aromatic N) is 4. The summed E-state index contributed by atoms with van der Waals surface area (Å²) in [6, 6.07) is 20.2. The van der Waals surface area contributed by atoms with Crippen LogP contribution < -0.4 is 30.7 Å². The van der Waals surface area contributed by atoms with Gasteiger partial charge in [-0.2, -0.15) is 20.5 Å². The number of carbonyl (C=O) groups is 6. The molecule has 0 aliphatic rings. The summed E-state index contributed by atoms with van der Waals surface area (Å²) in [6.07, 6.45) is 1.14. The van der Waals surface area contributed by atoms with Crippen molar-refractivity contribution in [1.29, 1.82) is 0 Å². The second-order valence-corrected chi connectivity index (χ2v) is 17.8. The summed E-state index contributed by atoms with van der Waals surface area (Å²) in [5.41, 5.74) is 3.70. The van der Waals surface area contributed by atoms with E-state index in [9.17, 15) is 28.8 Å². The summed E-state index contributed by atoms with van der Waals surface area (Å²) >= 11 is 31.1. The van der Waals surface area contributed by atoms with E-state index < -0.39 is 52.7 Å². The second-order valence-electron chi connectivity index (χ2n) is 15.6. The Kier molecular flexibility index (Phi) is 20.9. The number of amides is 4. The quantitative estimate of drug-likeness (QED) is 0.0279. The van der Waals surface area contributed by atoms with Gasteiger partial charge in [0.05, 0.1) is 41.3 Å². The average Bonchev–Trinajstić information content (AvgIpc) is 3.31. The largest absolute Gasteiger partial charge is 0.492 e. The van der Waals surface area contributed by atoms with Crippen molar-refractivity contribution in [1.82, 2.24) is 0 Å². The molecule has 0 aliphatic heterocycles. The Morgan fingerprint density at radius 3 is 1.42 bits per heavy atom. The van der Waals surface area contributed by atoms with Crippen LogP contribution in [-0.2, 0) is 32.0 Å². The zero-order valence-corrected chi connectivity index (χ0v) is 42.9. The van der Waals surface area contributed by atoms with Crippen molar-refractivity contribution < 1.29 is 38.2 Å². The van der Waals surface area contributed by atoms with Crippen LogP contribution in [0.1, 0.15) is 77.4 Å². The molecule has 5 rings (SSSR count). The Labute approximate surface area is 435 Å². The fourth-order valence-corrected chi connectivity index (χ4v) is 7.81. The Bertz CT molecular complexity index is 2860. The molecule has 4 N–H and O–H groups in total. The number of ether oxygens (including phenoxy) is 2. The van der Waals surface area contributed by atoms with Gasteiger partial charge in [0.1, 0.15) is 11.5 Å². The minimum atomic E-state index is -1.64. The van der Waals surface area contributed by atoms with E-state index in [0.29, 0.717) is 66.3 Å². The van der Waals surface area contributed by atoms with E-state index in [-0.39, 0.29) is 43.9 Å². The molecule has 0 aliphatic carbocycles. The fourth-order valence-electron chi connectivity index (χ4n) is 6.74. The highest BCUT2D eigenvalue weighted by Crippen LogP contribution is 2.33. The number of hydrogen-bond acceptors (Lipinski definition) is 12. The van der Waals surface area contributed by atoms with Crippen LogP contribution in [0.3, 0.4) is 0 Å². The molecule has 5 aromatic rings. The molecule has 5 aromatic carbocycles. The standard InChI is InChI=1S/C50H49Cl5N8O8/c1-6-70-43-12-8-30(14-16-51)18-41(43)58-47(66)32-20-34(54)24-37(22-32)60-62-45(28(4)64)49(68)56-36-10-11-40(39(26-36)27(3)53)57-50(69)46(29(5)65)63-61-38-23-33(21-35(55)25-38)48(67)59-42-19-31(15-17-52)9-13-44(42)71-7-2/h8-13,18-27,45-46H,6-7,14-17H2,1-5H3,(H,56,68)(H,57,69)(H,58,66)(H,59,67). The van der Waals surface area contributed by atoms with Crippen LogP contribution in [0, 0.1) is 0 Å². The number of anilines is 4. The molecule has 0 heterocycles. The number of halogens is 5. The maximum atomic E-state index is 13.6. The first-order chi connectivity index (χ1) is 33.9. The van der Waals surface area contributed by atoms with Crippen LogP contribution in [0.5, 0.6) is 11.5 Å². The Balaban J connectivity index is 1.29. The number of azo groups is 2. The van der Waals surface area contributed by atoms with Gasteiger partial charge in [0.25, 0.3) is 23.6 Å². The van der Waals surface area contributed by atoms with Gasteiger partial charge in [-0.1, -0.05) is 35.3 Å². The van der Waals surface area contributed by atoms with Gasteiger partial charge in [0.15, 0.2) is 11.6 Å². The molecule has 3 unspecified atom stereocenters. The molecule has 0 radical (unpaired) electrons. The molecule has 372 valence electrons. The number of alkyl halides is 3. The monoisotopic (exact) mass is 1060 g/mol. The average molecular weight is 1070 g/mol. The minimum absolute atomic E-state index is 0.0823. The van der Waals surface area contributed by atoms with Crippen molar-refractivity contribution in [2.45, 2.75) is 64.9 Å². The van der Waals surface area contributed by atoms with Crippen LogP contribution in [0.25, 0.3) is 0 Å². The van der Waals surface area contributed by atoms with Gasteiger partial charge in [0.2, 0.25) is 12.1 Å². The van der Waals surface area contributed by atoms with Gasteiger partial charge in [0, 0.05) is 44.3 Å². The molecule has 3 atom stereocenters. The molecule has 21 heteroatoms. The summed E-state index contributed by atoms with van der Waals surface area (Å²) in [4.78, 5) is 79.5. The third-order valence-electron chi connectivity index (χ3n) is 10.1. The zero-order valence-electron chi connectivity index (χ0n) is 39.1. The van der Waals surface area contributed by atoms with Crippen molar-refractivity contribution in [3.05, 3.63) is 129 Å². The number of benzene rings is 5. The van der Waals surface area contributed by atoms with Crippen molar-refractivity contribution in [3.63, 3.8) is 0 Å². The van der Waals surface area contributed by atoms with E-state index in [2.05, 4.69) is 41.7 Å². The van der Waals surface area contributed by atoms with Crippen molar-refractivity contribution >= 4 is 127 Å². The van der Waals surface area contributed by atoms with Gasteiger partial charge < -0.3 is 30.7 Å². The highest BCUT2D eigenvalue weighted by molar-refractivity contribution is 6.32. The highest BCUT2D eigenvalue weighted by Gasteiger charge is 2.27. The smallest absolute Gasteiger partial charge is 0.258 e. The second kappa shape index (κ2) is 26.7. The van der Waals surface area contributed by atoms with Gasteiger partial charge in [-0.3, -0.25) is 28.8 Å². The summed E-state index contributed by atoms with van der Waals surface area (Å²) in [7, 11) is 0. The predicted molar refractivity (Wildman–Crippen MR) is 279 cm³/mol. The Morgan fingerprint density at radius 1 is 0.563 bits per heavy atom. The lowest BCUT2D eigenvalue weighted by Gasteiger charge is -2.17. The first-order valence-electron chi connectivity index (χ1n) is 22.0. The summed E-state index contributed by atoms with van der Waals surface area (Å²) in [5.74, 6) is -2.41. The van der Waals surface area contributed by atoms with Gasteiger partial charge in [-0.05, 0) is 143 Å². The number of aryl methyl sites for hydroxylation is 2. The minimum Gasteiger partial charge on any atom is -0.492 e. The Hall–Kier alpha value is -6.43. The van der Waals surface area contributed by atoms with E-state index in [1.165, 1.54) is 54.6 Å². The van der Waals surface area contributed by atoms with Gasteiger partial charge in [-0.25, -0.2) is 0 Å². The molecule has 71 heavy (non-hydrogen) atoms. The zero-order chi connectivity index (χ0) is 51.8. The first kappa shape index (κ1) is 55.5. The molecule has 16 nitrogen and oxygen atoms in total. The number of nitrogens with one attached hydrogen (secondary N) is 4. The first-order valence-corrected chi connectivity index (χ1v) is 24.3. The topological polar surface area (TPSA) is 218 Å². The molecule has 0 fully saturated rings. The summed E-state index contributed by atoms with van der Waals surface area (Å²) < 4.78 is 11.4. The lowest BCUT2D eigenvalue weighted by atomic mass is 10.1. The van der Waals surface area contributed by atoms with E-state index in [1.54, 1.807) is 31.2 Å². The number of hydrogen-bond donors (Lipinski definition) is 4. The van der Waals surface area contributed by atoms with Crippen LogP contribution >= 0.6 is 58.0 Å². The summed E-state index contributed by atoms with van der Waals surface area (Å²) in [5, 5.41) is 26.7. The van der Waals surface area contributed by atoms with Gasteiger partial charge in [-0.15, -0.1) is 34.8 Å². The maximum absolute atomic E-state index is 13.6. The fraction of sp³-hybridized carbons (Fsp3) is 0.280. The van der Waals surface area contributed by atoms with Crippen LogP contribution in [0.2, 0.25) is 10.0 Å². The lowest BCUT2D eigenvalue weighted by molar-refractivity contribution is -0.127. The predicted octanol–water partition coefficient (Wildman–Crippen LogP) is 12.5. The number of Topliss-reactive ketones (excluding diaryl/α,β-unsaturated/α-hetero) is 2. The van der Waals surface area contributed by atoms with E-state index in [1.807, 2.05) is 26.0 Å². The van der Waals surface area contributed by atoms with Crippen molar-refractivity contribution in [3.8, 4) is 11.5 Å². The van der Waals surface area contributed by atoms with E-state index >= 15 is 0 Å². The molecule has 0 bridgehead atoms. The number of carbonyl (C=O) groups excluding carboxylic acids is 6. The third kappa shape index (κ3) is 16.0. The van der Waals surface area contributed by atoms with Crippen molar-refractivity contribution in [2.75, 3.05) is 46.2 Å². The van der Waals surface area contributed by atoms with Crippen LogP contribution in [0.4, 0.5) is 34.1 Å². The maximum Gasteiger partial charge on any atom is 0.258 e. The lowest BCUT2D eigenvalue weighted by Crippen LogP contribution is -2.32. The molecule has 0 saturated carbocycles. The summed E-state index contributed by atoms with van der Waals surface area (Å²) in [6.45, 7) is 8.30. The normalized spacial score (nSPS) is 12.5. The Morgan fingerprint density at radius 2 is 1.01 bits per heavy atom. The van der Waals surface area contributed by atoms with Crippen LogP contribution in [-0.4, -0.2) is 72.3 Å². The molecule has 4 amide bonds. The number of ketones is 2. The molecule has 0 spiro atoms. The molecular formula is C50H49Cl5N8O8. The number of rotatable bonds is 23. The third-order valence-corrected chi connectivity index (χ3v) is 11.1. The molecular weight excluding hydrogens is 1020 g/mol. The molecule has 0 aromatic heterocycles. The van der Waals surface area contributed by atoms with Crippen LogP contribution in [0.15, 0.2) is 111 Å². The van der Waals surface area contributed by atoms with Gasteiger partial charge >= 0.3 is 0 Å².